The van der Waals surface area contributed by atoms with E-state index in [0.717, 1.165) is 11.1 Å². The number of carbonyl (C=O) groups excluding carboxylic acids is 1. The quantitative estimate of drug-likeness (QED) is 0.781. The number of amides is 1. The molecule has 23 heavy (non-hydrogen) atoms. The third-order valence-electron chi connectivity index (χ3n) is 5.73. The van der Waals surface area contributed by atoms with Gasteiger partial charge in [-0.05, 0) is 18.1 Å². The Morgan fingerprint density at radius 1 is 1.43 bits per heavy atom. The van der Waals surface area contributed by atoms with Gasteiger partial charge in [0.15, 0.2) is 0 Å². The zero-order valence-electron chi connectivity index (χ0n) is 14.0. The maximum atomic E-state index is 12.8. The highest BCUT2D eigenvalue weighted by atomic mass is 16.5. The second kappa shape index (κ2) is 5.58. The SMILES string of the molecule is CCOC1CC(N)(C(=O)N[C@@H]2c3ccccc3C[C@@H]2O)C1(C)C. The van der Waals surface area contributed by atoms with Crippen LogP contribution in [0.5, 0.6) is 0 Å². The molecule has 0 aliphatic heterocycles. The summed E-state index contributed by atoms with van der Waals surface area (Å²) in [6, 6.07) is 7.42. The van der Waals surface area contributed by atoms with Crippen LogP contribution in [-0.4, -0.2) is 35.4 Å². The molecule has 2 aliphatic carbocycles. The fourth-order valence-electron chi connectivity index (χ4n) is 3.84. The summed E-state index contributed by atoms with van der Waals surface area (Å²) in [5.41, 5.74) is 7.07. The lowest BCUT2D eigenvalue weighted by atomic mass is 9.54. The van der Waals surface area contributed by atoms with Gasteiger partial charge in [0.1, 0.15) is 5.54 Å². The standard InChI is InChI=1S/C18H26N2O3/c1-4-23-14-10-18(19,17(14,2)3)16(22)20-15-12-8-6-5-7-11(12)9-13(15)21/h5-8,13-15,21H,4,9-10,19H2,1-3H3,(H,20,22)/t13-,14?,15+,18?/m0/s1. The number of benzene rings is 1. The van der Waals surface area contributed by atoms with E-state index >= 15 is 0 Å². The lowest BCUT2D eigenvalue weighted by molar-refractivity contribution is -0.171. The fourth-order valence-corrected chi connectivity index (χ4v) is 3.84. The Morgan fingerprint density at radius 3 is 2.78 bits per heavy atom. The van der Waals surface area contributed by atoms with E-state index in [1.807, 2.05) is 45.0 Å². The van der Waals surface area contributed by atoms with Crippen molar-refractivity contribution >= 4 is 5.91 Å². The molecule has 3 rings (SSSR count). The smallest absolute Gasteiger partial charge is 0.241 e. The average Bonchev–Trinajstić information content (AvgIpc) is 2.83. The highest BCUT2D eigenvalue weighted by Gasteiger charge is 2.63. The molecule has 0 radical (unpaired) electrons. The third-order valence-corrected chi connectivity index (χ3v) is 5.73. The minimum absolute atomic E-state index is 0.0102. The molecule has 1 aromatic carbocycles. The van der Waals surface area contributed by atoms with E-state index in [1.54, 1.807) is 0 Å². The molecule has 0 heterocycles. The van der Waals surface area contributed by atoms with Gasteiger partial charge in [-0.1, -0.05) is 38.1 Å². The number of hydrogen-bond donors (Lipinski definition) is 3. The van der Waals surface area contributed by atoms with Gasteiger partial charge in [-0.3, -0.25) is 4.79 Å². The van der Waals surface area contributed by atoms with Crippen LogP contribution in [0.4, 0.5) is 0 Å². The first-order valence-corrected chi connectivity index (χ1v) is 8.28. The van der Waals surface area contributed by atoms with Gasteiger partial charge in [0, 0.05) is 24.9 Å². The van der Waals surface area contributed by atoms with Gasteiger partial charge in [0.2, 0.25) is 5.91 Å². The molecule has 0 spiro atoms. The van der Waals surface area contributed by atoms with Gasteiger partial charge in [-0.15, -0.1) is 0 Å². The number of fused-ring (bicyclic) bond motifs is 1. The van der Waals surface area contributed by atoms with E-state index in [1.165, 1.54) is 0 Å². The predicted octanol–water partition coefficient (Wildman–Crippen LogP) is 1.29. The zero-order valence-corrected chi connectivity index (χ0v) is 14.0. The van der Waals surface area contributed by atoms with Crippen LogP contribution in [0.15, 0.2) is 24.3 Å². The summed E-state index contributed by atoms with van der Waals surface area (Å²) in [6.45, 7) is 6.49. The number of rotatable bonds is 4. The minimum atomic E-state index is -0.968. The van der Waals surface area contributed by atoms with Crippen LogP contribution in [0.25, 0.3) is 0 Å². The summed E-state index contributed by atoms with van der Waals surface area (Å²) in [7, 11) is 0. The molecule has 5 nitrogen and oxygen atoms in total. The fraction of sp³-hybridized carbons (Fsp3) is 0.611. The van der Waals surface area contributed by atoms with Crippen molar-refractivity contribution in [2.75, 3.05) is 6.61 Å². The van der Waals surface area contributed by atoms with Crippen molar-refractivity contribution in [2.24, 2.45) is 11.1 Å². The number of ether oxygens (including phenoxy) is 1. The van der Waals surface area contributed by atoms with Crippen molar-refractivity contribution < 1.29 is 14.6 Å². The number of aliphatic hydroxyl groups is 1. The van der Waals surface area contributed by atoms with Crippen LogP contribution < -0.4 is 11.1 Å². The number of nitrogens with two attached hydrogens (primary N) is 1. The number of nitrogens with one attached hydrogen (secondary N) is 1. The molecule has 2 unspecified atom stereocenters. The molecule has 5 heteroatoms. The number of carbonyl (C=O) groups is 1. The van der Waals surface area contributed by atoms with Crippen molar-refractivity contribution in [3.8, 4) is 0 Å². The molecule has 126 valence electrons. The molecular weight excluding hydrogens is 292 g/mol. The second-order valence-electron chi connectivity index (χ2n) is 7.26. The van der Waals surface area contributed by atoms with Crippen LogP contribution in [0, 0.1) is 5.41 Å². The third kappa shape index (κ3) is 2.38. The topological polar surface area (TPSA) is 84.6 Å². The van der Waals surface area contributed by atoms with Crippen LogP contribution >= 0.6 is 0 Å². The van der Waals surface area contributed by atoms with Gasteiger partial charge in [0.25, 0.3) is 0 Å². The van der Waals surface area contributed by atoms with Crippen LogP contribution in [0.2, 0.25) is 0 Å². The van der Waals surface area contributed by atoms with Gasteiger partial charge in [0.05, 0.1) is 18.2 Å². The summed E-state index contributed by atoms with van der Waals surface area (Å²) in [5.74, 6) is -0.209. The first-order valence-electron chi connectivity index (χ1n) is 8.28. The van der Waals surface area contributed by atoms with Gasteiger partial charge < -0.3 is 20.9 Å². The van der Waals surface area contributed by atoms with E-state index < -0.39 is 17.1 Å². The molecule has 1 aromatic rings. The van der Waals surface area contributed by atoms with Crippen LogP contribution in [0.3, 0.4) is 0 Å². The summed E-state index contributed by atoms with van der Waals surface area (Å²) in [6.07, 6.45) is 0.447. The second-order valence-corrected chi connectivity index (χ2v) is 7.26. The van der Waals surface area contributed by atoms with E-state index in [0.29, 0.717) is 19.4 Å². The molecule has 0 saturated heterocycles. The average molecular weight is 318 g/mol. The first kappa shape index (κ1) is 16.4. The highest BCUT2D eigenvalue weighted by molar-refractivity contribution is 5.89. The Morgan fingerprint density at radius 2 is 2.13 bits per heavy atom. The summed E-state index contributed by atoms with van der Waals surface area (Å²) in [5, 5.41) is 13.3. The van der Waals surface area contributed by atoms with E-state index in [-0.39, 0.29) is 18.1 Å². The maximum Gasteiger partial charge on any atom is 0.241 e. The van der Waals surface area contributed by atoms with Crippen molar-refractivity contribution in [3.63, 3.8) is 0 Å². The monoisotopic (exact) mass is 318 g/mol. The zero-order chi connectivity index (χ0) is 16.8. The van der Waals surface area contributed by atoms with Crippen molar-refractivity contribution in [3.05, 3.63) is 35.4 Å². The lowest BCUT2D eigenvalue weighted by Crippen LogP contribution is -2.76. The van der Waals surface area contributed by atoms with Crippen molar-refractivity contribution in [1.82, 2.24) is 5.32 Å². The molecule has 0 bridgehead atoms. The van der Waals surface area contributed by atoms with Gasteiger partial charge in [-0.25, -0.2) is 0 Å². The predicted molar refractivity (Wildman–Crippen MR) is 87.8 cm³/mol. The molecule has 1 fully saturated rings. The van der Waals surface area contributed by atoms with E-state index in [9.17, 15) is 9.90 Å². The Balaban J connectivity index is 1.76. The first-order chi connectivity index (χ1) is 10.8. The summed E-state index contributed by atoms with van der Waals surface area (Å²) < 4.78 is 5.68. The Kier molecular flexibility index (Phi) is 3.99. The molecule has 1 saturated carbocycles. The molecule has 4 atom stereocenters. The van der Waals surface area contributed by atoms with E-state index in [2.05, 4.69) is 5.32 Å². The van der Waals surface area contributed by atoms with Crippen molar-refractivity contribution in [2.45, 2.75) is 57.4 Å². The normalized spacial score (nSPS) is 34.6. The molecule has 4 N–H and O–H groups in total. The van der Waals surface area contributed by atoms with Crippen molar-refractivity contribution in [1.29, 1.82) is 0 Å². The van der Waals surface area contributed by atoms with E-state index in [4.69, 9.17) is 10.5 Å². The van der Waals surface area contributed by atoms with Gasteiger partial charge >= 0.3 is 0 Å². The van der Waals surface area contributed by atoms with Crippen LogP contribution in [-0.2, 0) is 16.0 Å². The number of hydrogen-bond acceptors (Lipinski definition) is 4. The Hall–Kier alpha value is -1.43. The Labute approximate surface area is 137 Å². The molecular formula is C18H26N2O3. The molecule has 1 amide bonds. The van der Waals surface area contributed by atoms with Crippen LogP contribution in [0.1, 0.15) is 44.4 Å². The van der Waals surface area contributed by atoms with Gasteiger partial charge in [-0.2, -0.15) is 0 Å². The highest BCUT2D eigenvalue weighted by Crippen LogP contribution is 2.50. The number of aliphatic hydroxyl groups excluding tert-OH is 1. The summed E-state index contributed by atoms with van der Waals surface area (Å²) in [4.78, 5) is 12.8. The maximum absolute atomic E-state index is 12.8. The Bertz CT molecular complexity index is 616. The summed E-state index contributed by atoms with van der Waals surface area (Å²) >= 11 is 0. The lowest BCUT2D eigenvalue weighted by Gasteiger charge is -2.57. The molecule has 0 aromatic heterocycles. The largest absolute Gasteiger partial charge is 0.390 e. The minimum Gasteiger partial charge on any atom is -0.390 e. The molecule has 2 aliphatic rings.